The summed E-state index contributed by atoms with van der Waals surface area (Å²) in [5, 5.41) is 11.7. The van der Waals surface area contributed by atoms with Crippen molar-refractivity contribution >= 4 is 46.9 Å². The fourth-order valence-corrected chi connectivity index (χ4v) is 3.06. The molecule has 128 valence electrons. The van der Waals surface area contributed by atoms with E-state index in [1.54, 1.807) is 36.0 Å². The van der Waals surface area contributed by atoms with Crippen LogP contribution in [0.2, 0.25) is 10.0 Å². The van der Waals surface area contributed by atoms with Gasteiger partial charge in [-0.2, -0.15) is 0 Å². The lowest BCUT2D eigenvalue weighted by atomic mass is 10.2. The first-order valence-electron chi connectivity index (χ1n) is 7.38. The van der Waals surface area contributed by atoms with E-state index in [9.17, 15) is 4.79 Å². The number of anilines is 1. The maximum absolute atomic E-state index is 12.0. The number of nitrogens with zero attached hydrogens (tertiary/aromatic N) is 2. The van der Waals surface area contributed by atoms with Gasteiger partial charge in [-0.25, -0.2) is 0 Å². The molecule has 0 spiro atoms. The van der Waals surface area contributed by atoms with Gasteiger partial charge in [0.25, 0.3) is 0 Å². The molecule has 1 heterocycles. The highest BCUT2D eigenvalue weighted by Gasteiger charge is 2.11. The standard InChI is InChI=1S/C17H13Cl2N3O2S/c18-12-3-1-11(2-4-12)16-21-22-17(24-16)20-15(23)9-10-25-14-7-5-13(19)6-8-14/h1-8H,9-10H2,(H,20,22,23). The molecule has 0 aliphatic heterocycles. The normalized spacial score (nSPS) is 10.6. The first-order valence-corrected chi connectivity index (χ1v) is 9.12. The van der Waals surface area contributed by atoms with E-state index in [4.69, 9.17) is 27.6 Å². The number of carbonyl (C=O) groups is 1. The number of aromatic nitrogens is 2. The van der Waals surface area contributed by atoms with Crippen molar-refractivity contribution in [2.24, 2.45) is 0 Å². The summed E-state index contributed by atoms with van der Waals surface area (Å²) in [6.07, 6.45) is 0.325. The number of nitrogens with one attached hydrogen (secondary N) is 1. The van der Waals surface area contributed by atoms with Crippen LogP contribution in [0.15, 0.2) is 57.8 Å². The number of thioether (sulfide) groups is 1. The van der Waals surface area contributed by atoms with Gasteiger partial charge < -0.3 is 4.42 Å². The molecule has 5 nitrogen and oxygen atoms in total. The molecule has 0 fully saturated rings. The Bertz CT molecular complexity index is 851. The van der Waals surface area contributed by atoms with E-state index in [0.717, 1.165) is 10.5 Å². The maximum Gasteiger partial charge on any atom is 0.322 e. The molecule has 0 aliphatic carbocycles. The van der Waals surface area contributed by atoms with Crippen LogP contribution in [0, 0.1) is 0 Å². The molecule has 3 aromatic rings. The minimum atomic E-state index is -0.187. The third-order valence-corrected chi connectivity index (χ3v) is 4.69. The van der Waals surface area contributed by atoms with Gasteiger partial charge in [-0.1, -0.05) is 28.3 Å². The van der Waals surface area contributed by atoms with Crippen LogP contribution >= 0.6 is 35.0 Å². The molecule has 0 saturated carbocycles. The number of carbonyl (C=O) groups excluding carboxylic acids is 1. The number of hydrogen-bond acceptors (Lipinski definition) is 5. The predicted molar refractivity (Wildman–Crippen MR) is 100 cm³/mol. The Hall–Kier alpha value is -2.02. The van der Waals surface area contributed by atoms with Gasteiger partial charge in [0, 0.05) is 32.7 Å². The molecule has 2 aromatic carbocycles. The molecule has 3 rings (SSSR count). The number of rotatable bonds is 6. The Morgan fingerprint density at radius 2 is 1.64 bits per heavy atom. The second kappa shape index (κ2) is 8.38. The Kier molecular flexibility index (Phi) is 5.96. The van der Waals surface area contributed by atoms with Crippen LogP contribution in [0.25, 0.3) is 11.5 Å². The molecular formula is C17H13Cl2N3O2S. The average Bonchev–Trinajstić information content (AvgIpc) is 3.06. The molecule has 0 saturated heterocycles. The van der Waals surface area contributed by atoms with Crippen molar-refractivity contribution < 1.29 is 9.21 Å². The zero-order valence-corrected chi connectivity index (χ0v) is 15.2. The Balaban J connectivity index is 1.49. The molecule has 8 heteroatoms. The lowest BCUT2D eigenvalue weighted by molar-refractivity contribution is -0.115. The van der Waals surface area contributed by atoms with Gasteiger partial charge in [0.1, 0.15) is 0 Å². The molecule has 0 unspecified atom stereocenters. The van der Waals surface area contributed by atoms with Crippen LogP contribution in [-0.2, 0) is 4.79 Å². The fraction of sp³-hybridized carbons (Fsp3) is 0.118. The van der Waals surface area contributed by atoms with Crippen LogP contribution < -0.4 is 5.32 Å². The predicted octanol–water partition coefficient (Wildman–Crippen LogP) is 5.16. The molecule has 25 heavy (non-hydrogen) atoms. The minimum Gasteiger partial charge on any atom is -0.403 e. The third-order valence-electron chi connectivity index (χ3n) is 3.17. The first-order chi connectivity index (χ1) is 12.1. The monoisotopic (exact) mass is 393 g/mol. The van der Waals surface area contributed by atoms with Gasteiger partial charge >= 0.3 is 6.01 Å². The summed E-state index contributed by atoms with van der Waals surface area (Å²) in [7, 11) is 0. The molecule has 1 N–H and O–H groups in total. The highest BCUT2D eigenvalue weighted by molar-refractivity contribution is 7.99. The van der Waals surface area contributed by atoms with Gasteiger partial charge in [-0.05, 0) is 48.5 Å². The van der Waals surface area contributed by atoms with E-state index in [2.05, 4.69) is 15.5 Å². The smallest absolute Gasteiger partial charge is 0.322 e. The van der Waals surface area contributed by atoms with Gasteiger partial charge in [-0.15, -0.1) is 16.9 Å². The van der Waals surface area contributed by atoms with Crippen LogP contribution in [0.4, 0.5) is 6.01 Å². The van der Waals surface area contributed by atoms with Crippen LogP contribution in [0.5, 0.6) is 0 Å². The van der Waals surface area contributed by atoms with Gasteiger partial charge in [-0.3, -0.25) is 10.1 Å². The largest absolute Gasteiger partial charge is 0.403 e. The fourth-order valence-electron chi connectivity index (χ4n) is 1.96. The summed E-state index contributed by atoms with van der Waals surface area (Å²) >= 11 is 13.3. The molecular weight excluding hydrogens is 381 g/mol. The number of hydrogen-bond donors (Lipinski definition) is 1. The summed E-state index contributed by atoms with van der Waals surface area (Å²) in [5.74, 6) is 0.765. The lowest BCUT2D eigenvalue weighted by Crippen LogP contribution is -2.12. The van der Waals surface area contributed by atoms with E-state index in [0.29, 0.717) is 28.1 Å². The minimum absolute atomic E-state index is 0.0754. The van der Waals surface area contributed by atoms with Crippen LogP contribution in [0.1, 0.15) is 6.42 Å². The van der Waals surface area contributed by atoms with E-state index in [1.165, 1.54) is 0 Å². The third kappa shape index (κ3) is 5.22. The van der Waals surface area contributed by atoms with Crippen molar-refractivity contribution in [3.63, 3.8) is 0 Å². The van der Waals surface area contributed by atoms with Crippen LogP contribution in [0.3, 0.4) is 0 Å². The van der Waals surface area contributed by atoms with Crippen molar-refractivity contribution in [2.75, 3.05) is 11.1 Å². The van der Waals surface area contributed by atoms with Gasteiger partial charge in [0.15, 0.2) is 0 Å². The summed E-state index contributed by atoms with van der Waals surface area (Å²) in [6, 6.07) is 14.5. The molecule has 0 aliphatic rings. The summed E-state index contributed by atoms with van der Waals surface area (Å²) < 4.78 is 5.44. The lowest BCUT2D eigenvalue weighted by Gasteiger charge is -2.02. The highest BCUT2D eigenvalue weighted by Crippen LogP contribution is 2.23. The van der Waals surface area contributed by atoms with Crippen molar-refractivity contribution in [1.29, 1.82) is 0 Å². The SMILES string of the molecule is O=C(CCSc1ccc(Cl)cc1)Nc1nnc(-c2ccc(Cl)cc2)o1. The van der Waals surface area contributed by atoms with Crippen molar-refractivity contribution in [3.8, 4) is 11.5 Å². The van der Waals surface area contributed by atoms with Crippen LogP contribution in [-0.4, -0.2) is 21.9 Å². The van der Waals surface area contributed by atoms with Crippen molar-refractivity contribution in [2.45, 2.75) is 11.3 Å². The molecule has 1 aromatic heterocycles. The van der Waals surface area contributed by atoms with E-state index in [1.807, 2.05) is 24.3 Å². The van der Waals surface area contributed by atoms with Crippen molar-refractivity contribution in [1.82, 2.24) is 10.2 Å². The number of halogens is 2. The Labute approximate surface area is 158 Å². The van der Waals surface area contributed by atoms with Gasteiger partial charge in [0.2, 0.25) is 11.8 Å². The molecule has 0 bridgehead atoms. The number of amides is 1. The average molecular weight is 394 g/mol. The zero-order chi connectivity index (χ0) is 17.6. The zero-order valence-electron chi connectivity index (χ0n) is 12.9. The Morgan fingerprint density at radius 3 is 2.32 bits per heavy atom. The summed E-state index contributed by atoms with van der Waals surface area (Å²) in [4.78, 5) is 13.0. The molecule has 0 radical (unpaired) electrons. The second-order valence-corrected chi connectivity index (χ2v) is 7.06. The van der Waals surface area contributed by atoms with E-state index >= 15 is 0 Å². The number of benzene rings is 2. The van der Waals surface area contributed by atoms with E-state index < -0.39 is 0 Å². The summed E-state index contributed by atoms with van der Waals surface area (Å²) in [5.41, 5.74) is 0.732. The topological polar surface area (TPSA) is 68.0 Å². The molecule has 1 amide bonds. The van der Waals surface area contributed by atoms with Crippen molar-refractivity contribution in [3.05, 3.63) is 58.6 Å². The molecule has 0 atom stereocenters. The Morgan fingerprint density at radius 1 is 1.00 bits per heavy atom. The quantitative estimate of drug-likeness (QED) is 0.585. The highest BCUT2D eigenvalue weighted by atomic mass is 35.5. The van der Waals surface area contributed by atoms with Gasteiger partial charge in [0.05, 0.1) is 0 Å². The second-order valence-electron chi connectivity index (χ2n) is 5.02. The van der Waals surface area contributed by atoms with E-state index in [-0.39, 0.29) is 11.9 Å². The first kappa shape index (κ1) is 17.8. The summed E-state index contributed by atoms with van der Waals surface area (Å²) in [6.45, 7) is 0. The maximum atomic E-state index is 12.0.